The van der Waals surface area contributed by atoms with Gasteiger partial charge in [-0.1, -0.05) is 54.6 Å². The van der Waals surface area contributed by atoms with Crippen molar-refractivity contribution >= 4 is 11.9 Å². The Morgan fingerprint density at radius 2 is 1.73 bits per heavy atom. The molecule has 40 heavy (non-hydrogen) atoms. The molecule has 0 saturated heterocycles. The molecule has 0 saturated carbocycles. The fourth-order valence-corrected chi connectivity index (χ4v) is 4.87. The number of methoxy groups -OCH3 is 1. The van der Waals surface area contributed by atoms with Gasteiger partial charge in [-0.15, -0.1) is 0 Å². The van der Waals surface area contributed by atoms with Gasteiger partial charge >= 0.3 is 0 Å². The Labute approximate surface area is 231 Å². The van der Waals surface area contributed by atoms with E-state index in [2.05, 4.69) is 10.1 Å². The second-order valence-electron chi connectivity index (χ2n) is 9.51. The molecule has 0 radical (unpaired) electrons. The lowest BCUT2D eigenvalue weighted by atomic mass is 9.93. The summed E-state index contributed by atoms with van der Waals surface area (Å²) >= 11 is 0. The van der Waals surface area contributed by atoms with Gasteiger partial charge < -0.3 is 19.0 Å². The van der Waals surface area contributed by atoms with Crippen molar-refractivity contribution < 1.29 is 22.7 Å². The SMILES string of the molecule is CCCN1C(/C=C/c2ccc(-n3cnc(C)c3)c(OC)c2)=NOC(c2ccccc2)[C@@H]1c1cc(F)c(F)c(F)c1. The van der Waals surface area contributed by atoms with Crippen molar-refractivity contribution in [2.45, 2.75) is 32.4 Å². The Bertz CT molecular complexity index is 1530. The van der Waals surface area contributed by atoms with Gasteiger partial charge in [0.2, 0.25) is 0 Å². The van der Waals surface area contributed by atoms with E-state index in [4.69, 9.17) is 9.57 Å². The van der Waals surface area contributed by atoms with Crippen LogP contribution in [0, 0.1) is 24.4 Å². The van der Waals surface area contributed by atoms with Gasteiger partial charge in [-0.2, -0.15) is 0 Å². The normalized spacial score (nSPS) is 17.1. The molecule has 3 aromatic carbocycles. The maximum atomic E-state index is 14.4. The monoisotopic (exact) mass is 546 g/mol. The van der Waals surface area contributed by atoms with Gasteiger partial charge in [-0.3, -0.25) is 0 Å². The number of aromatic nitrogens is 2. The van der Waals surface area contributed by atoms with Gasteiger partial charge in [0.05, 0.1) is 30.9 Å². The highest BCUT2D eigenvalue weighted by Gasteiger charge is 2.37. The lowest BCUT2D eigenvalue weighted by Crippen LogP contribution is -2.41. The first-order valence-electron chi connectivity index (χ1n) is 13.0. The summed E-state index contributed by atoms with van der Waals surface area (Å²) in [5, 5.41) is 4.40. The van der Waals surface area contributed by atoms with E-state index in [1.807, 2.05) is 84.1 Å². The molecule has 0 spiro atoms. The number of ether oxygens (including phenoxy) is 1. The summed E-state index contributed by atoms with van der Waals surface area (Å²) in [6.07, 6.45) is 7.34. The van der Waals surface area contributed by atoms with Crippen LogP contribution in [0.3, 0.4) is 0 Å². The lowest BCUT2D eigenvalue weighted by molar-refractivity contribution is -0.0206. The van der Waals surface area contributed by atoms with Crippen molar-refractivity contribution in [2.75, 3.05) is 13.7 Å². The number of imidazole rings is 1. The maximum Gasteiger partial charge on any atom is 0.194 e. The van der Waals surface area contributed by atoms with E-state index in [-0.39, 0.29) is 5.56 Å². The highest BCUT2D eigenvalue weighted by Crippen LogP contribution is 2.41. The molecular weight excluding hydrogens is 517 g/mol. The van der Waals surface area contributed by atoms with Crippen molar-refractivity contribution in [3.05, 3.63) is 119 Å². The average molecular weight is 547 g/mol. The van der Waals surface area contributed by atoms with E-state index < -0.39 is 29.6 Å². The number of hydrogen-bond acceptors (Lipinski definition) is 5. The van der Waals surface area contributed by atoms with Crippen LogP contribution in [0.2, 0.25) is 0 Å². The first kappa shape index (κ1) is 27.1. The lowest BCUT2D eigenvalue weighted by Gasteiger charge is -2.40. The van der Waals surface area contributed by atoms with Gasteiger partial charge in [-0.25, -0.2) is 18.2 Å². The van der Waals surface area contributed by atoms with Crippen molar-refractivity contribution in [3.8, 4) is 11.4 Å². The fourth-order valence-electron chi connectivity index (χ4n) is 4.87. The number of oxime groups is 1. The summed E-state index contributed by atoms with van der Waals surface area (Å²) in [4.78, 5) is 12.2. The molecule has 0 fully saturated rings. The first-order chi connectivity index (χ1) is 19.4. The minimum Gasteiger partial charge on any atom is -0.495 e. The molecule has 0 amide bonds. The smallest absolute Gasteiger partial charge is 0.194 e. The Morgan fingerprint density at radius 3 is 2.38 bits per heavy atom. The summed E-state index contributed by atoms with van der Waals surface area (Å²) < 4.78 is 50.2. The third-order valence-electron chi connectivity index (χ3n) is 6.74. The number of aryl methyl sites for hydroxylation is 1. The van der Waals surface area contributed by atoms with Crippen LogP contribution >= 0.6 is 0 Å². The van der Waals surface area contributed by atoms with Crippen LogP contribution in [-0.2, 0) is 4.84 Å². The second-order valence-corrected chi connectivity index (χ2v) is 9.51. The van der Waals surface area contributed by atoms with Gasteiger partial charge in [0.15, 0.2) is 29.4 Å². The zero-order valence-electron chi connectivity index (χ0n) is 22.4. The highest BCUT2D eigenvalue weighted by atomic mass is 19.2. The standard InChI is InChI=1S/C31H29F3N4O2/c1-4-14-38-28(13-11-21-10-12-26(27(15-21)39-3)37-18-20(2)35-19-37)36-40-31(22-8-6-5-7-9-22)30(38)23-16-24(32)29(34)25(33)17-23/h5-13,15-19,30-31H,4,14H2,1-3H3/b13-11+/t30-,31?/m0/s1. The quantitative estimate of drug-likeness (QED) is 0.220. The van der Waals surface area contributed by atoms with E-state index in [0.29, 0.717) is 18.1 Å². The molecule has 0 bridgehead atoms. The molecule has 1 aromatic heterocycles. The zero-order chi connectivity index (χ0) is 28.2. The first-order valence-corrected chi connectivity index (χ1v) is 13.0. The molecule has 206 valence electrons. The number of halogens is 3. The molecule has 0 N–H and O–H groups in total. The van der Waals surface area contributed by atoms with Crippen molar-refractivity contribution in [3.63, 3.8) is 0 Å². The molecule has 6 nitrogen and oxygen atoms in total. The molecule has 1 aliphatic heterocycles. The minimum atomic E-state index is -1.50. The number of amidine groups is 1. The molecule has 9 heteroatoms. The highest BCUT2D eigenvalue weighted by molar-refractivity contribution is 5.96. The fraction of sp³-hybridized carbons (Fsp3) is 0.226. The van der Waals surface area contributed by atoms with Crippen LogP contribution in [0.25, 0.3) is 11.8 Å². The molecule has 2 atom stereocenters. The predicted octanol–water partition coefficient (Wildman–Crippen LogP) is 7.16. The van der Waals surface area contributed by atoms with E-state index in [9.17, 15) is 13.2 Å². The summed E-state index contributed by atoms with van der Waals surface area (Å²) in [5.41, 5.74) is 3.61. The molecule has 2 heterocycles. The van der Waals surface area contributed by atoms with Crippen LogP contribution < -0.4 is 4.74 Å². The number of rotatable bonds is 8. The van der Waals surface area contributed by atoms with Crippen molar-refractivity contribution in [1.82, 2.24) is 14.5 Å². The maximum absolute atomic E-state index is 14.4. The van der Waals surface area contributed by atoms with E-state index in [0.717, 1.165) is 41.1 Å². The summed E-state index contributed by atoms with van der Waals surface area (Å²) in [7, 11) is 1.60. The third kappa shape index (κ3) is 5.45. The third-order valence-corrected chi connectivity index (χ3v) is 6.74. The number of hydrogen-bond donors (Lipinski definition) is 0. The molecule has 4 aromatic rings. The zero-order valence-corrected chi connectivity index (χ0v) is 22.4. The largest absolute Gasteiger partial charge is 0.495 e. The second kappa shape index (κ2) is 11.7. The van der Waals surface area contributed by atoms with Crippen LogP contribution in [0.15, 0.2) is 84.4 Å². The molecule has 0 aliphatic carbocycles. The van der Waals surface area contributed by atoms with Gasteiger partial charge in [0.1, 0.15) is 5.75 Å². The predicted molar refractivity (Wildman–Crippen MR) is 148 cm³/mol. The van der Waals surface area contributed by atoms with E-state index >= 15 is 0 Å². The van der Waals surface area contributed by atoms with Crippen LogP contribution in [0.1, 0.15) is 47.9 Å². The number of benzene rings is 3. The molecule has 1 aliphatic rings. The van der Waals surface area contributed by atoms with Gasteiger partial charge in [-0.05, 0) is 60.4 Å². The topological polar surface area (TPSA) is 51.9 Å². The van der Waals surface area contributed by atoms with Crippen molar-refractivity contribution in [2.24, 2.45) is 5.16 Å². The Hall–Kier alpha value is -4.53. The summed E-state index contributed by atoms with van der Waals surface area (Å²) in [6, 6.07) is 16.5. The van der Waals surface area contributed by atoms with Crippen LogP contribution in [0.4, 0.5) is 13.2 Å². The van der Waals surface area contributed by atoms with Gasteiger partial charge in [0, 0.05) is 12.7 Å². The summed E-state index contributed by atoms with van der Waals surface area (Å²) in [6.45, 7) is 4.43. The van der Waals surface area contributed by atoms with E-state index in [1.165, 1.54) is 0 Å². The molecular formula is C31H29F3N4O2. The summed E-state index contributed by atoms with van der Waals surface area (Å²) in [5.74, 6) is -2.88. The van der Waals surface area contributed by atoms with Crippen molar-refractivity contribution in [1.29, 1.82) is 0 Å². The molecule has 5 rings (SSSR count). The van der Waals surface area contributed by atoms with Gasteiger partial charge in [0.25, 0.3) is 0 Å². The average Bonchev–Trinajstić information content (AvgIpc) is 3.41. The Balaban J connectivity index is 1.53. The van der Waals surface area contributed by atoms with E-state index in [1.54, 1.807) is 19.5 Å². The Kier molecular flexibility index (Phi) is 7.91. The molecule has 1 unspecified atom stereocenters. The van der Waals surface area contributed by atoms with Crippen LogP contribution in [0.5, 0.6) is 5.75 Å². The number of nitrogens with zero attached hydrogens (tertiary/aromatic N) is 4. The minimum absolute atomic E-state index is 0.251. The Morgan fingerprint density at radius 1 is 0.975 bits per heavy atom. The van der Waals surface area contributed by atoms with Crippen LogP contribution in [-0.4, -0.2) is 33.9 Å².